The average Bonchev–Trinajstić information content (AvgIpc) is 3.23. The summed E-state index contributed by atoms with van der Waals surface area (Å²) in [5.41, 5.74) is 2.78. The molecule has 7 nitrogen and oxygen atoms in total. The molecule has 3 heterocycles. The number of aromatic nitrogens is 4. The van der Waals surface area contributed by atoms with E-state index >= 15 is 0 Å². The van der Waals surface area contributed by atoms with Gasteiger partial charge in [-0.25, -0.2) is 4.98 Å². The number of benzene rings is 1. The van der Waals surface area contributed by atoms with E-state index in [0.29, 0.717) is 18.0 Å². The van der Waals surface area contributed by atoms with Crippen molar-refractivity contribution in [1.29, 1.82) is 5.26 Å². The summed E-state index contributed by atoms with van der Waals surface area (Å²) in [6.07, 6.45) is 8.22. The van der Waals surface area contributed by atoms with Gasteiger partial charge in [0, 0.05) is 42.0 Å². The van der Waals surface area contributed by atoms with E-state index in [-0.39, 0.29) is 0 Å². The molecule has 0 unspecified atom stereocenters. The van der Waals surface area contributed by atoms with Crippen molar-refractivity contribution in [3.63, 3.8) is 0 Å². The molecule has 128 valence electrons. The van der Waals surface area contributed by atoms with Crippen molar-refractivity contribution in [2.24, 2.45) is 0 Å². The van der Waals surface area contributed by atoms with Gasteiger partial charge in [-0.05, 0) is 31.0 Å². The fourth-order valence-corrected chi connectivity index (χ4v) is 3.23. The highest BCUT2D eigenvalue weighted by molar-refractivity contribution is 5.68. The van der Waals surface area contributed by atoms with Gasteiger partial charge in [-0.15, -0.1) is 0 Å². The van der Waals surface area contributed by atoms with Crippen LogP contribution in [-0.4, -0.2) is 19.7 Å². The summed E-state index contributed by atoms with van der Waals surface area (Å²) in [5, 5.41) is 20.0. The number of hydrogen-bond donors (Lipinski definition) is 2. The number of imidazole rings is 1. The Hall–Kier alpha value is -3.53. The maximum Gasteiger partial charge on any atom is 0.153 e. The van der Waals surface area contributed by atoms with Crippen LogP contribution in [0.5, 0.6) is 0 Å². The van der Waals surface area contributed by atoms with Gasteiger partial charge in [-0.2, -0.15) is 10.4 Å². The van der Waals surface area contributed by atoms with E-state index < -0.39 is 0 Å². The molecular formula is C19H17N7. The summed E-state index contributed by atoms with van der Waals surface area (Å²) in [4.78, 5) is 6.54. The molecule has 1 fully saturated rings. The lowest BCUT2D eigenvalue weighted by Crippen LogP contribution is -2.27. The Balaban J connectivity index is 1.48. The molecule has 0 saturated heterocycles. The van der Waals surface area contributed by atoms with Gasteiger partial charge in [0.2, 0.25) is 0 Å². The van der Waals surface area contributed by atoms with Crippen molar-refractivity contribution >= 4 is 17.3 Å². The molecule has 2 aromatic heterocycles. The van der Waals surface area contributed by atoms with Crippen LogP contribution in [0.15, 0.2) is 48.9 Å². The molecule has 2 aliphatic rings. The van der Waals surface area contributed by atoms with Gasteiger partial charge in [0.15, 0.2) is 5.82 Å². The molecule has 0 spiro atoms. The molecule has 1 aromatic carbocycles. The molecular weight excluding hydrogens is 326 g/mol. The van der Waals surface area contributed by atoms with Crippen LogP contribution in [-0.2, 0) is 6.54 Å². The molecule has 5 rings (SSSR count). The first-order valence-corrected chi connectivity index (χ1v) is 8.64. The van der Waals surface area contributed by atoms with Crippen LogP contribution in [0.2, 0.25) is 0 Å². The third kappa shape index (κ3) is 2.62. The summed E-state index contributed by atoms with van der Waals surface area (Å²) in [5.74, 6) is 3.23. The van der Waals surface area contributed by atoms with Gasteiger partial charge >= 0.3 is 0 Å². The second kappa shape index (κ2) is 5.77. The zero-order chi connectivity index (χ0) is 17.5. The molecule has 0 atom stereocenters. The Morgan fingerprint density at radius 1 is 1.27 bits per heavy atom. The number of nitriles is 1. The first-order valence-electron chi connectivity index (χ1n) is 8.64. The van der Waals surface area contributed by atoms with Gasteiger partial charge < -0.3 is 10.2 Å². The fourth-order valence-electron chi connectivity index (χ4n) is 3.23. The number of fused-ring (bicyclic) bond motifs is 1. The first kappa shape index (κ1) is 14.8. The molecule has 7 heteroatoms. The standard InChI is InChI=1S/C19H17N7/c20-10-13-2-1-3-15(8-13)25-11-18-21-6-7-26(18)19(12-25)22-17-9-16(23-24-17)14-4-5-14/h1-3,6-9,12,14H,4-5,11H2,(H2,22,23,24). The Bertz CT molecular complexity index is 1030. The van der Waals surface area contributed by atoms with Gasteiger partial charge in [-0.3, -0.25) is 9.67 Å². The van der Waals surface area contributed by atoms with E-state index in [2.05, 4.69) is 37.5 Å². The monoisotopic (exact) mass is 343 g/mol. The van der Waals surface area contributed by atoms with Gasteiger partial charge in [0.05, 0.1) is 18.2 Å². The topological polar surface area (TPSA) is 85.6 Å². The van der Waals surface area contributed by atoms with Crippen LogP contribution in [0.1, 0.15) is 35.8 Å². The molecule has 3 aromatic rings. The number of rotatable bonds is 4. The van der Waals surface area contributed by atoms with Crippen LogP contribution >= 0.6 is 0 Å². The van der Waals surface area contributed by atoms with Gasteiger partial charge in [-0.1, -0.05) is 6.07 Å². The van der Waals surface area contributed by atoms with E-state index in [1.54, 1.807) is 12.3 Å². The van der Waals surface area contributed by atoms with Crippen LogP contribution < -0.4 is 10.2 Å². The van der Waals surface area contributed by atoms with E-state index in [1.807, 2.05) is 35.2 Å². The largest absolute Gasteiger partial charge is 0.337 e. The zero-order valence-corrected chi connectivity index (χ0v) is 14.1. The molecule has 2 N–H and O–H groups in total. The van der Waals surface area contributed by atoms with Gasteiger partial charge in [0.1, 0.15) is 11.6 Å². The maximum atomic E-state index is 9.16. The Morgan fingerprint density at radius 2 is 2.19 bits per heavy atom. The van der Waals surface area contributed by atoms with Crippen molar-refractivity contribution in [3.05, 3.63) is 66.0 Å². The number of nitrogens with one attached hydrogen (secondary N) is 2. The average molecular weight is 343 g/mol. The molecule has 0 bridgehead atoms. The number of aromatic amines is 1. The quantitative estimate of drug-likeness (QED) is 0.759. The lowest BCUT2D eigenvalue weighted by atomic mass is 10.2. The van der Waals surface area contributed by atoms with Gasteiger partial charge in [0.25, 0.3) is 0 Å². The van der Waals surface area contributed by atoms with Crippen LogP contribution in [0.3, 0.4) is 0 Å². The molecule has 1 aliphatic carbocycles. The normalized spacial score (nSPS) is 16.0. The number of anilines is 2. The number of nitrogens with zero attached hydrogens (tertiary/aromatic N) is 5. The van der Waals surface area contributed by atoms with E-state index in [0.717, 1.165) is 23.2 Å². The second-order valence-electron chi connectivity index (χ2n) is 6.63. The molecule has 1 saturated carbocycles. The zero-order valence-electron chi connectivity index (χ0n) is 14.1. The molecule has 0 amide bonds. The highest BCUT2D eigenvalue weighted by atomic mass is 15.3. The van der Waals surface area contributed by atoms with Crippen LogP contribution in [0.25, 0.3) is 5.82 Å². The van der Waals surface area contributed by atoms with E-state index in [9.17, 15) is 0 Å². The Morgan fingerprint density at radius 3 is 3.04 bits per heavy atom. The van der Waals surface area contributed by atoms with Crippen molar-refractivity contribution in [2.45, 2.75) is 25.3 Å². The first-order chi connectivity index (χ1) is 12.8. The van der Waals surface area contributed by atoms with Crippen molar-refractivity contribution in [2.75, 3.05) is 10.2 Å². The highest BCUT2D eigenvalue weighted by Crippen LogP contribution is 2.39. The van der Waals surface area contributed by atoms with Crippen molar-refractivity contribution < 1.29 is 0 Å². The second-order valence-corrected chi connectivity index (χ2v) is 6.63. The maximum absolute atomic E-state index is 9.16. The Kier molecular flexibility index (Phi) is 3.28. The number of H-pyrrole nitrogens is 1. The summed E-state index contributed by atoms with van der Waals surface area (Å²) < 4.78 is 2.02. The highest BCUT2D eigenvalue weighted by Gasteiger charge is 2.26. The summed E-state index contributed by atoms with van der Waals surface area (Å²) in [6.45, 7) is 0.640. The molecule has 1 aliphatic heterocycles. The third-order valence-electron chi connectivity index (χ3n) is 4.74. The summed E-state index contributed by atoms with van der Waals surface area (Å²) >= 11 is 0. The van der Waals surface area contributed by atoms with Crippen LogP contribution in [0.4, 0.5) is 11.5 Å². The lowest BCUT2D eigenvalue weighted by molar-refractivity contribution is 0.805. The molecule has 26 heavy (non-hydrogen) atoms. The smallest absolute Gasteiger partial charge is 0.153 e. The minimum Gasteiger partial charge on any atom is -0.337 e. The predicted octanol–water partition coefficient (Wildman–Crippen LogP) is 3.24. The minimum absolute atomic E-state index is 0.632. The molecule has 0 radical (unpaired) electrons. The van der Waals surface area contributed by atoms with Crippen LogP contribution in [0, 0.1) is 11.3 Å². The summed E-state index contributed by atoms with van der Waals surface area (Å²) in [6, 6.07) is 11.8. The lowest BCUT2D eigenvalue weighted by Gasteiger charge is -2.28. The van der Waals surface area contributed by atoms with E-state index in [4.69, 9.17) is 5.26 Å². The number of hydrogen-bond acceptors (Lipinski definition) is 5. The SMILES string of the molecule is N#Cc1cccc(N2C=C(Nc3cc(C4CC4)[nH]n3)n3ccnc3C2)c1. The predicted molar refractivity (Wildman–Crippen MR) is 98.0 cm³/mol. The van der Waals surface area contributed by atoms with Crippen molar-refractivity contribution in [3.8, 4) is 6.07 Å². The Labute approximate surface area is 150 Å². The van der Waals surface area contributed by atoms with E-state index in [1.165, 1.54) is 18.5 Å². The fraction of sp³-hybridized carbons (Fsp3) is 0.211. The minimum atomic E-state index is 0.632. The van der Waals surface area contributed by atoms with Crippen molar-refractivity contribution in [1.82, 2.24) is 19.7 Å². The third-order valence-corrected chi connectivity index (χ3v) is 4.74. The summed E-state index contributed by atoms with van der Waals surface area (Å²) in [7, 11) is 0.